The molecule has 0 aromatic rings. The van der Waals surface area contributed by atoms with Crippen LogP contribution < -0.4 is 35.4 Å². The highest BCUT2D eigenvalue weighted by Gasteiger charge is 2.54. The van der Waals surface area contributed by atoms with Crippen LogP contribution in [0.3, 0.4) is 0 Å². The number of nitrogens with two attached hydrogens (primary N) is 1. The molecule has 2 heterocycles. The largest absolute Gasteiger partial charge is 1.00 e. The molecule has 82 valence electrons. The highest BCUT2D eigenvalue weighted by atomic mass is 35.5. The summed E-state index contributed by atoms with van der Waals surface area (Å²) in [6.07, 6.45) is -1.01. The second kappa shape index (κ2) is 4.59. The second-order valence-electron chi connectivity index (χ2n) is 2.52. The van der Waals surface area contributed by atoms with E-state index in [0.717, 1.165) is 8.84 Å². The van der Waals surface area contributed by atoms with Crippen molar-refractivity contribution in [3.05, 3.63) is 0 Å². The van der Waals surface area contributed by atoms with Crippen LogP contribution >= 0.6 is 23.6 Å². The predicted octanol–water partition coefficient (Wildman–Crippen LogP) is -7.02. The van der Waals surface area contributed by atoms with Gasteiger partial charge in [0.25, 0.3) is 0 Å². The van der Waals surface area contributed by atoms with Gasteiger partial charge in [-0.15, -0.1) is 0 Å². The number of carbonyl (C=O) groups excluding carboxylic acids is 2. The molecule has 4 amide bonds. The lowest BCUT2D eigenvalue weighted by Gasteiger charge is -2.07. The summed E-state index contributed by atoms with van der Waals surface area (Å²) in [5, 5.41) is 3.80. The number of nitrogens with one attached hydrogen (secondary N) is 1. The van der Waals surface area contributed by atoms with Gasteiger partial charge >= 0.3 is 12.1 Å². The van der Waals surface area contributed by atoms with Crippen molar-refractivity contribution in [2.24, 2.45) is 0 Å². The lowest BCUT2D eigenvalue weighted by Crippen LogP contribution is -3.00. The van der Waals surface area contributed by atoms with E-state index < -0.39 is 18.4 Å². The molecule has 0 aliphatic carbocycles. The minimum absolute atomic E-state index is 0. The molecule has 2 aliphatic heterocycles. The third kappa shape index (κ3) is 1.80. The SMILES string of the molecule is O=C1NC2C([NH2+]1)N(Cl)C(=O)N2Cl.[Cl-].[Cl-]. The molecule has 0 saturated carbocycles. The molecule has 3 N–H and O–H groups in total. The molecular weight excluding hydrogens is 278 g/mol. The minimum Gasteiger partial charge on any atom is -1.00 e. The van der Waals surface area contributed by atoms with Crippen molar-refractivity contribution in [2.45, 2.75) is 12.3 Å². The summed E-state index contributed by atoms with van der Waals surface area (Å²) >= 11 is 11.1. The Morgan fingerprint density at radius 1 is 1.21 bits per heavy atom. The van der Waals surface area contributed by atoms with Gasteiger partial charge in [-0.25, -0.2) is 19.3 Å². The maximum absolute atomic E-state index is 11.0. The molecule has 0 aromatic heterocycles. The molecule has 10 heteroatoms. The van der Waals surface area contributed by atoms with Gasteiger partial charge in [0.1, 0.15) is 0 Å². The van der Waals surface area contributed by atoms with Crippen molar-refractivity contribution in [1.29, 1.82) is 0 Å². The van der Waals surface area contributed by atoms with Gasteiger partial charge in [-0.1, -0.05) is 0 Å². The van der Waals surface area contributed by atoms with E-state index >= 15 is 0 Å². The summed E-state index contributed by atoms with van der Waals surface area (Å²) in [7, 11) is 0. The van der Waals surface area contributed by atoms with E-state index in [1.807, 2.05) is 0 Å². The van der Waals surface area contributed by atoms with Crippen LogP contribution in [-0.2, 0) is 0 Å². The average Bonchev–Trinajstić information content (AvgIpc) is 2.49. The Morgan fingerprint density at radius 3 is 2.29 bits per heavy atom. The van der Waals surface area contributed by atoms with E-state index in [1.54, 1.807) is 0 Å². The summed E-state index contributed by atoms with van der Waals surface area (Å²) < 4.78 is 1.77. The Hall–Kier alpha value is -0.140. The van der Waals surface area contributed by atoms with Gasteiger partial charge in [0, 0.05) is 23.6 Å². The zero-order valence-corrected chi connectivity index (χ0v) is 9.48. The molecule has 2 rings (SSSR count). The Morgan fingerprint density at radius 2 is 1.79 bits per heavy atom. The first-order chi connectivity index (χ1) is 5.61. The van der Waals surface area contributed by atoms with Gasteiger partial charge < -0.3 is 24.8 Å². The van der Waals surface area contributed by atoms with Crippen LogP contribution in [-0.4, -0.2) is 33.2 Å². The zero-order chi connectivity index (χ0) is 8.88. The van der Waals surface area contributed by atoms with Crippen molar-refractivity contribution in [3.63, 3.8) is 0 Å². The van der Waals surface area contributed by atoms with Crippen molar-refractivity contribution in [3.8, 4) is 0 Å². The Labute approximate surface area is 102 Å². The van der Waals surface area contributed by atoms with Crippen LogP contribution in [0.1, 0.15) is 0 Å². The van der Waals surface area contributed by atoms with E-state index in [0.29, 0.717) is 0 Å². The lowest BCUT2D eigenvalue weighted by molar-refractivity contribution is -0.594. The quantitative estimate of drug-likeness (QED) is 0.434. The molecule has 2 unspecified atom stereocenters. The Kier molecular flexibility index (Phi) is 4.54. The van der Waals surface area contributed by atoms with E-state index in [4.69, 9.17) is 23.6 Å². The number of nitrogens with zero attached hydrogens (tertiary/aromatic N) is 2. The molecule has 0 radical (unpaired) electrons. The smallest absolute Gasteiger partial charge is 0.417 e. The zero-order valence-electron chi connectivity index (χ0n) is 6.45. The number of fused-ring (bicyclic) bond motifs is 1. The normalized spacial score (nSPS) is 29.3. The van der Waals surface area contributed by atoms with E-state index in [-0.39, 0.29) is 30.8 Å². The van der Waals surface area contributed by atoms with Crippen LogP contribution in [0.4, 0.5) is 9.59 Å². The van der Waals surface area contributed by atoms with Gasteiger partial charge in [-0.05, 0) is 0 Å². The molecule has 2 aliphatic rings. The van der Waals surface area contributed by atoms with Crippen molar-refractivity contribution in [2.75, 3.05) is 0 Å². The Balaban J connectivity index is 0.000000845. The van der Waals surface area contributed by atoms with Gasteiger partial charge in [0.05, 0.1) is 0 Å². The number of quaternary nitrogens is 1. The first-order valence-corrected chi connectivity index (χ1v) is 3.88. The molecule has 2 atom stereocenters. The van der Waals surface area contributed by atoms with Gasteiger partial charge in [-0.3, -0.25) is 5.32 Å². The van der Waals surface area contributed by atoms with E-state index in [2.05, 4.69) is 5.32 Å². The average molecular weight is 283 g/mol. The summed E-state index contributed by atoms with van der Waals surface area (Å²) in [6.45, 7) is 0. The number of amides is 4. The number of hydrogen-bond donors (Lipinski definition) is 2. The van der Waals surface area contributed by atoms with Crippen LogP contribution in [0.15, 0.2) is 0 Å². The van der Waals surface area contributed by atoms with E-state index in [1.165, 1.54) is 5.32 Å². The van der Waals surface area contributed by atoms with Crippen molar-refractivity contribution in [1.82, 2.24) is 14.2 Å². The van der Waals surface area contributed by atoms with Crippen LogP contribution in [0.25, 0.3) is 0 Å². The summed E-state index contributed by atoms with van der Waals surface area (Å²) in [4.78, 5) is 21.8. The van der Waals surface area contributed by atoms with Crippen molar-refractivity contribution < 1.29 is 39.7 Å². The number of carbonyl (C=O) groups is 2. The fourth-order valence-corrected chi connectivity index (χ4v) is 1.77. The predicted molar refractivity (Wildman–Crippen MR) is 38.8 cm³/mol. The molecular formula is C4H5Cl4N4O2-. The molecule has 0 bridgehead atoms. The fraction of sp³-hybridized carbons (Fsp3) is 0.500. The summed E-state index contributed by atoms with van der Waals surface area (Å²) in [6, 6.07) is -0.793. The lowest BCUT2D eigenvalue weighted by atomic mass is 10.4. The number of urea groups is 2. The second-order valence-corrected chi connectivity index (χ2v) is 3.24. The third-order valence-electron chi connectivity index (χ3n) is 1.81. The first-order valence-electron chi connectivity index (χ1n) is 3.20. The van der Waals surface area contributed by atoms with Crippen LogP contribution in [0.2, 0.25) is 0 Å². The van der Waals surface area contributed by atoms with Crippen LogP contribution in [0, 0.1) is 0 Å². The summed E-state index contributed by atoms with van der Waals surface area (Å²) in [5.41, 5.74) is 0. The highest BCUT2D eigenvalue weighted by molar-refractivity contribution is 6.29. The number of primary amides is 1. The van der Waals surface area contributed by atoms with E-state index in [9.17, 15) is 9.59 Å². The molecule has 0 spiro atoms. The van der Waals surface area contributed by atoms with Gasteiger partial charge in [-0.2, -0.15) is 4.42 Å². The van der Waals surface area contributed by atoms with Gasteiger partial charge in [0.15, 0.2) is 0 Å². The maximum Gasteiger partial charge on any atom is 0.417 e. The summed E-state index contributed by atoms with van der Waals surface area (Å²) in [5.74, 6) is 0. The molecule has 2 fully saturated rings. The van der Waals surface area contributed by atoms with Gasteiger partial charge in [0.2, 0.25) is 12.3 Å². The monoisotopic (exact) mass is 281 g/mol. The maximum atomic E-state index is 11.0. The molecule has 6 nitrogen and oxygen atoms in total. The number of hydrogen-bond acceptors (Lipinski definition) is 2. The number of halogens is 4. The molecule has 14 heavy (non-hydrogen) atoms. The fourth-order valence-electron chi connectivity index (χ4n) is 1.24. The Bertz CT molecular complexity index is 242. The number of rotatable bonds is 0. The topological polar surface area (TPSA) is 69.3 Å². The highest BCUT2D eigenvalue weighted by Crippen LogP contribution is 2.22. The molecule has 2 saturated heterocycles. The first kappa shape index (κ1) is 13.9. The third-order valence-corrected chi connectivity index (χ3v) is 2.53. The van der Waals surface area contributed by atoms with Crippen molar-refractivity contribution >= 4 is 35.6 Å². The van der Waals surface area contributed by atoms with Crippen LogP contribution in [0.5, 0.6) is 0 Å². The molecule has 0 aromatic carbocycles. The standard InChI is InChI=1S/C4H4Cl2N4O2.2ClH/c5-9-1-2(8-3(11)7-1)10(6)4(9)12;;/h1-2H,(H2,7,8,11);2*1H/p-1. The minimum atomic E-state index is -0.538.